The minimum atomic E-state index is -4.42. The van der Waals surface area contributed by atoms with Gasteiger partial charge in [-0.2, -0.15) is 18.3 Å². The number of halogens is 5. The van der Waals surface area contributed by atoms with E-state index in [1.54, 1.807) is 30.1 Å². The van der Waals surface area contributed by atoms with Crippen molar-refractivity contribution in [3.8, 4) is 10.6 Å². The van der Waals surface area contributed by atoms with Crippen molar-refractivity contribution in [1.82, 2.24) is 9.78 Å². The number of anilines is 1. The lowest BCUT2D eigenvalue weighted by Crippen LogP contribution is -2.31. The van der Waals surface area contributed by atoms with Gasteiger partial charge in [-0.25, -0.2) is 0 Å². The quantitative estimate of drug-likeness (QED) is 0.526. The van der Waals surface area contributed by atoms with Gasteiger partial charge in [0.25, 0.3) is 0 Å². The van der Waals surface area contributed by atoms with E-state index in [9.17, 15) is 13.2 Å². The highest BCUT2D eigenvalue weighted by atomic mass is 35.5. The summed E-state index contributed by atoms with van der Waals surface area (Å²) in [6.45, 7) is 0.124. The number of rotatable bonds is 6. The molecule has 0 aliphatic rings. The summed E-state index contributed by atoms with van der Waals surface area (Å²) in [6, 6.07) is 6.82. The molecule has 2 aromatic heterocycles. The molecule has 0 bridgehead atoms. The number of thiophene rings is 1. The fourth-order valence-electron chi connectivity index (χ4n) is 2.86. The Morgan fingerprint density at radius 3 is 2.54 bits per heavy atom. The fourth-order valence-corrected chi connectivity index (χ4v) is 4.67. The second-order valence-corrected chi connectivity index (χ2v) is 7.94. The van der Waals surface area contributed by atoms with Crippen LogP contribution < -0.4 is 11.1 Å². The van der Waals surface area contributed by atoms with Gasteiger partial charge in [0, 0.05) is 25.8 Å². The number of aromatic nitrogens is 2. The molecule has 1 aromatic carbocycles. The highest BCUT2D eigenvalue weighted by Gasteiger charge is 2.33. The lowest BCUT2D eigenvalue weighted by Gasteiger charge is -2.20. The van der Waals surface area contributed by atoms with Crippen LogP contribution in [0.2, 0.25) is 10.0 Å². The van der Waals surface area contributed by atoms with Crippen LogP contribution in [-0.2, 0) is 19.6 Å². The van der Waals surface area contributed by atoms with Gasteiger partial charge in [-0.05, 0) is 24.1 Å². The topological polar surface area (TPSA) is 55.9 Å². The van der Waals surface area contributed by atoms with Crippen LogP contribution in [0, 0.1) is 0 Å². The summed E-state index contributed by atoms with van der Waals surface area (Å²) in [5.41, 5.74) is 6.10. The zero-order chi connectivity index (χ0) is 20.5. The first kappa shape index (κ1) is 21.0. The minimum absolute atomic E-state index is 0.0963. The monoisotopic (exact) mass is 448 g/mol. The maximum Gasteiger partial charge on any atom is 0.416 e. The SMILES string of the molecule is Cn1nccc1-c1sc(N[C@H](CN)Cc2ccccc2C(F)(F)F)c(Cl)c1Cl. The van der Waals surface area contributed by atoms with Crippen molar-refractivity contribution in [3.63, 3.8) is 0 Å². The summed E-state index contributed by atoms with van der Waals surface area (Å²) in [6.07, 6.45) is -2.69. The Morgan fingerprint density at radius 1 is 1.21 bits per heavy atom. The van der Waals surface area contributed by atoms with E-state index >= 15 is 0 Å². The largest absolute Gasteiger partial charge is 0.416 e. The van der Waals surface area contributed by atoms with Crippen LogP contribution >= 0.6 is 34.5 Å². The Morgan fingerprint density at radius 2 is 1.93 bits per heavy atom. The number of benzene rings is 1. The van der Waals surface area contributed by atoms with Crippen LogP contribution in [0.4, 0.5) is 18.2 Å². The van der Waals surface area contributed by atoms with Gasteiger partial charge >= 0.3 is 6.18 Å². The summed E-state index contributed by atoms with van der Waals surface area (Å²) < 4.78 is 41.4. The van der Waals surface area contributed by atoms with E-state index in [1.807, 2.05) is 0 Å². The lowest BCUT2D eigenvalue weighted by atomic mass is 10.00. The summed E-state index contributed by atoms with van der Waals surface area (Å²) in [5, 5.41) is 8.49. The molecule has 0 aliphatic heterocycles. The lowest BCUT2D eigenvalue weighted by molar-refractivity contribution is -0.138. The third kappa shape index (κ3) is 4.30. The fraction of sp³-hybridized carbons (Fsp3) is 0.278. The third-order valence-electron chi connectivity index (χ3n) is 4.26. The van der Waals surface area contributed by atoms with Crippen molar-refractivity contribution >= 4 is 39.5 Å². The van der Waals surface area contributed by atoms with Crippen LogP contribution in [0.15, 0.2) is 36.5 Å². The number of alkyl halides is 3. The van der Waals surface area contributed by atoms with E-state index in [2.05, 4.69) is 10.4 Å². The number of aryl methyl sites for hydroxylation is 1. The molecule has 2 heterocycles. The molecule has 0 fully saturated rings. The van der Waals surface area contributed by atoms with Crippen molar-refractivity contribution in [2.24, 2.45) is 12.8 Å². The molecule has 4 nitrogen and oxygen atoms in total. The molecule has 0 aliphatic carbocycles. The van der Waals surface area contributed by atoms with Crippen molar-refractivity contribution in [2.75, 3.05) is 11.9 Å². The number of nitrogens with two attached hydrogens (primary N) is 1. The molecular weight excluding hydrogens is 432 g/mol. The number of hydrogen-bond acceptors (Lipinski definition) is 4. The summed E-state index contributed by atoms with van der Waals surface area (Å²) in [7, 11) is 1.78. The zero-order valence-electron chi connectivity index (χ0n) is 14.7. The van der Waals surface area contributed by atoms with Gasteiger partial charge < -0.3 is 11.1 Å². The van der Waals surface area contributed by atoms with Crippen LogP contribution in [-0.4, -0.2) is 22.4 Å². The van der Waals surface area contributed by atoms with Gasteiger partial charge in [-0.3, -0.25) is 4.68 Å². The Labute approximate surface area is 174 Å². The zero-order valence-corrected chi connectivity index (χ0v) is 17.1. The van der Waals surface area contributed by atoms with Crippen LogP contribution in [0.3, 0.4) is 0 Å². The predicted molar refractivity (Wildman–Crippen MR) is 108 cm³/mol. The van der Waals surface area contributed by atoms with Crippen LogP contribution in [0.1, 0.15) is 11.1 Å². The smallest absolute Gasteiger partial charge is 0.371 e. The van der Waals surface area contributed by atoms with Gasteiger partial charge in [0.1, 0.15) is 5.00 Å². The van der Waals surface area contributed by atoms with Gasteiger partial charge in [-0.1, -0.05) is 41.4 Å². The Hall–Kier alpha value is -1.74. The third-order valence-corrected chi connectivity index (χ3v) is 6.48. The molecule has 0 spiro atoms. The number of nitrogens with one attached hydrogen (secondary N) is 1. The molecule has 0 amide bonds. The summed E-state index contributed by atoms with van der Waals surface area (Å²) in [4.78, 5) is 0.723. The molecule has 1 atom stereocenters. The normalized spacial score (nSPS) is 13.0. The average Bonchev–Trinajstić information content (AvgIpc) is 3.18. The maximum atomic E-state index is 13.2. The van der Waals surface area contributed by atoms with E-state index in [1.165, 1.54) is 23.5 Å². The molecule has 3 N–H and O–H groups in total. The number of hydrogen-bond donors (Lipinski definition) is 2. The van der Waals surface area contributed by atoms with E-state index < -0.39 is 17.8 Å². The summed E-state index contributed by atoms with van der Waals surface area (Å²) in [5.74, 6) is 0. The molecule has 0 unspecified atom stereocenters. The molecule has 28 heavy (non-hydrogen) atoms. The highest BCUT2D eigenvalue weighted by Crippen LogP contribution is 2.46. The van der Waals surface area contributed by atoms with Crippen molar-refractivity contribution < 1.29 is 13.2 Å². The van der Waals surface area contributed by atoms with Crippen molar-refractivity contribution in [3.05, 3.63) is 57.7 Å². The first-order valence-electron chi connectivity index (χ1n) is 8.30. The van der Waals surface area contributed by atoms with Crippen LogP contribution in [0.5, 0.6) is 0 Å². The first-order chi connectivity index (χ1) is 13.2. The molecule has 3 aromatic rings. The van der Waals surface area contributed by atoms with Crippen LogP contribution in [0.25, 0.3) is 10.6 Å². The molecule has 3 rings (SSSR count). The maximum absolute atomic E-state index is 13.2. The van der Waals surface area contributed by atoms with Gasteiger partial charge in [0.05, 0.1) is 26.2 Å². The molecular formula is C18H17Cl2F3N4S. The Balaban J connectivity index is 1.86. The van der Waals surface area contributed by atoms with Crippen molar-refractivity contribution in [1.29, 1.82) is 0 Å². The predicted octanol–water partition coefficient (Wildman–Crippen LogP) is 5.46. The molecule has 0 saturated heterocycles. The Kier molecular flexibility index (Phi) is 6.24. The minimum Gasteiger partial charge on any atom is -0.371 e. The average molecular weight is 449 g/mol. The van der Waals surface area contributed by atoms with Gasteiger partial charge in [0.15, 0.2) is 0 Å². The van der Waals surface area contributed by atoms with Crippen molar-refractivity contribution in [2.45, 2.75) is 18.6 Å². The van der Waals surface area contributed by atoms with E-state index in [-0.39, 0.29) is 18.5 Å². The van der Waals surface area contributed by atoms with E-state index in [0.29, 0.717) is 15.0 Å². The highest BCUT2D eigenvalue weighted by molar-refractivity contribution is 7.21. The Bertz CT molecular complexity index is 968. The molecule has 0 radical (unpaired) electrons. The molecule has 10 heteroatoms. The number of nitrogens with zero attached hydrogens (tertiary/aromatic N) is 2. The standard InChI is InChI=1S/C18H17Cl2F3N4S/c1-27-13(6-7-25-27)16-14(19)15(20)17(28-16)26-11(9-24)8-10-4-2-3-5-12(10)18(21,22)23/h2-7,11,26H,8-9,24H2,1H3/t11-/m0/s1. The summed E-state index contributed by atoms with van der Waals surface area (Å²) >= 11 is 14.0. The second kappa shape index (κ2) is 8.32. The van der Waals surface area contributed by atoms with E-state index in [4.69, 9.17) is 28.9 Å². The van der Waals surface area contributed by atoms with Gasteiger partial charge in [0.2, 0.25) is 0 Å². The molecule has 0 saturated carbocycles. The second-order valence-electron chi connectivity index (χ2n) is 6.16. The van der Waals surface area contributed by atoms with E-state index in [0.717, 1.165) is 16.6 Å². The first-order valence-corrected chi connectivity index (χ1v) is 9.87. The van der Waals surface area contributed by atoms with Gasteiger partial charge in [-0.15, -0.1) is 11.3 Å². The molecule has 150 valence electrons.